The van der Waals surface area contributed by atoms with Crippen LogP contribution in [-0.2, 0) is 24.3 Å². The first-order chi connectivity index (χ1) is 13.4. The van der Waals surface area contributed by atoms with Crippen molar-refractivity contribution in [2.24, 2.45) is 0 Å². The Bertz CT molecular complexity index is 832. The lowest BCUT2D eigenvalue weighted by Crippen LogP contribution is -2.40. The minimum atomic E-state index is -3.88. The van der Waals surface area contributed by atoms with Gasteiger partial charge in [0.05, 0.1) is 23.7 Å². The molecule has 0 bridgehead atoms. The van der Waals surface area contributed by atoms with E-state index in [9.17, 15) is 22.4 Å². The van der Waals surface area contributed by atoms with Crippen molar-refractivity contribution in [1.29, 1.82) is 0 Å². The first kappa shape index (κ1) is 20.7. The van der Waals surface area contributed by atoms with E-state index in [-0.39, 0.29) is 37.2 Å². The van der Waals surface area contributed by atoms with Crippen molar-refractivity contribution in [1.82, 2.24) is 9.62 Å². The van der Waals surface area contributed by atoms with Gasteiger partial charge >= 0.3 is 5.97 Å². The maximum absolute atomic E-state index is 14.1. The molecule has 154 valence electrons. The first-order valence-electron chi connectivity index (χ1n) is 9.22. The number of halogens is 1. The molecule has 1 aliphatic heterocycles. The van der Waals surface area contributed by atoms with Crippen LogP contribution in [-0.4, -0.2) is 63.6 Å². The Balaban J connectivity index is 1.66. The van der Waals surface area contributed by atoms with Gasteiger partial charge in [-0.05, 0) is 31.0 Å². The Morgan fingerprint density at radius 2 is 1.89 bits per heavy atom. The van der Waals surface area contributed by atoms with Crippen LogP contribution in [0, 0.1) is 5.82 Å². The number of hydrogen-bond donors (Lipinski definition) is 1. The van der Waals surface area contributed by atoms with Crippen LogP contribution in [0.5, 0.6) is 0 Å². The largest absolute Gasteiger partial charge is 0.452 e. The number of benzene rings is 1. The number of amides is 1. The van der Waals surface area contributed by atoms with Gasteiger partial charge in [-0.3, -0.25) is 4.79 Å². The lowest BCUT2D eigenvalue weighted by molar-refractivity contribution is -0.124. The summed E-state index contributed by atoms with van der Waals surface area (Å²) in [6, 6.07) is 3.02. The van der Waals surface area contributed by atoms with Crippen molar-refractivity contribution >= 4 is 21.9 Å². The SMILES string of the molecule is O=C(COC(=O)c1cc(S(=O)(=O)N2CCOCC2)ccc1F)NC1CCCC1. The van der Waals surface area contributed by atoms with E-state index in [1.54, 1.807) is 0 Å². The van der Waals surface area contributed by atoms with E-state index in [4.69, 9.17) is 9.47 Å². The molecule has 1 saturated heterocycles. The Kier molecular flexibility index (Phi) is 6.63. The molecule has 1 aromatic rings. The number of carbonyl (C=O) groups excluding carboxylic acids is 2. The maximum Gasteiger partial charge on any atom is 0.341 e. The minimum Gasteiger partial charge on any atom is -0.452 e. The fourth-order valence-corrected chi connectivity index (χ4v) is 4.74. The van der Waals surface area contributed by atoms with E-state index in [0.29, 0.717) is 0 Å². The fraction of sp³-hybridized carbons (Fsp3) is 0.556. The van der Waals surface area contributed by atoms with E-state index in [1.807, 2.05) is 0 Å². The molecule has 2 aliphatic rings. The third-order valence-electron chi connectivity index (χ3n) is 4.82. The van der Waals surface area contributed by atoms with Crippen LogP contribution >= 0.6 is 0 Å². The van der Waals surface area contributed by atoms with Gasteiger partial charge in [0, 0.05) is 19.1 Å². The molecule has 0 radical (unpaired) electrons. The molecule has 1 amide bonds. The van der Waals surface area contributed by atoms with E-state index >= 15 is 0 Å². The molecule has 0 aromatic heterocycles. The highest BCUT2D eigenvalue weighted by Crippen LogP contribution is 2.21. The molecule has 1 N–H and O–H groups in total. The highest BCUT2D eigenvalue weighted by atomic mass is 32.2. The second kappa shape index (κ2) is 8.97. The molecule has 2 fully saturated rings. The molecular weight excluding hydrogens is 391 g/mol. The zero-order valence-corrected chi connectivity index (χ0v) is 16.2. The summed E-state index contributed by atoms with van der Waals surface area (Å²) in [5, 5.41) is 2.75. The Hall–Kier alpha value is -2.04. The van der Waals surface area contributed by atoms with E-state index in [1.165, 1.54) is 4.31 Å². The third kappa shape index (κ3) is 4.86. The average Bonchev–Trinajstić information content (AvgIpc) is 3.20. The number of sulfonamides is 1. The number of rotatable bonds is 6. The summed E-state index contributed by atoms with van der Waals surface area (Å²) in [5.74, 6) is -2.46. The van der Waals surface area contributed by atoms with Crippen molar-refractivity contribution in [3.8, 4) is 0 Å². The average molecular weight is 414 g/mol. The summed E-state index contributed by atoms with van der Waals surface area (Å²) in [5.41, 5.74) is -0.525. The van der Waals surface area contributed by atoms with Crippen molar-refractivity contribution < 1.29 is 31.9 Å². The van der Waals surface area contributed by atoms with Crippen LogP contribution in [0.25, 0.3) is 0 Å². The van der Waals surface area contributed by atoms with Gasteiger partial charge in [0.2, 0.25) is 10.0 Å². The van der Waals surface area contributed by atoms with Crippen LogP contribution in [0.1, 0.15) is 36.0 Å². The maximum atomic E-state index is 14.1. The van der Waals surface area contributed by atoms with E-state index < -0.39 is 39.9 Å². The summed E-state index contributed by atoms with van der Waals surface area (Å²) in [7, 11) is -3.88. The molecule has 0 atom stereocenters. The van der Waals surface area contributed by atoms with Gasteiger partial charge < -0.3 is 14.8 Å². The molecule has 1 aliphatic carbocycles. The molecule has 0 spiro atoms. The van der Waals surface area contributed by atoms with Crippen LogP contribution in [0.2, 0.25) is 0 Å². The van der Waals surface area contributed by atoms with E-state index in [2.05, 4.69) is 5.32 Å². The van der Waals surface area contributed by atoms with Crippen LogP contribution in [0.15, 0.2) is 23.1 Å². The highest BCUT2D eigenvalue weighted by molar-refractivity contribution is 7.89. The van der Waals surface area contributed by atoms with E-state index in [0.717, 1.165) is 43.9 Å². The summed E-state index contributed by atoms with van der Waals surface area (Å²) in [4.78, 5) is 23.8. The monoisotopic (exact) mass is 414 g/mol. The predicted molar refractivity (Wildman–Crippen MR) is 96.7 cm³/mol. The van der Waals surface area contributed by atoms with Gasteiger partial charge in [0.15, 0.2) is 6.61 Å². The normalized spacial score (nSPS) is 18.8. The van der Waals surface area contributed by atoms with Gasteiger partial charge in [-0.2, -0.15) is 4.31 Å². The summed E-state index contributed by atoms with van der Waals surface area (Å²) in [6.07, 6.45) is 3.85. The number of nitrogens with zero attached hydrogens (tertiary/aromatic N) is 1. The predicted octanol–water partition coefficient (Wildman–Crippen LogP) is 1.06. The van der Waals surface area contributed by atoms with Crippen molar-refractivity contribution in [2.75, 3.05) is 32.9 Å². The third-order valence-corrected chi connectivity index (χ3v) is 6.71. The topological polar surface area (TPSA) is 102 Å². The summed E-state index contributed by atoms with van der Waals surface area (Å²) in [6.45, 7) is 0.355. The quantitative estimate of drug-likeness (QED) is 0.699. The standard InChI is InChI=1S/C18H23FN2O6S/c19-16-6-5-14(28(24,25)21-7-9-26-10-8-21)11-15(16)18(23)27-12-17(22)20-13-3-1-2-4-13/h5-6,11,13H,1-4,7-10,12H2,(H,20,22). The molecule has 1 saturated carbocycles. The Morgan fingerprint density at radius 1 is 1.21 bits per heavy atom. The van der Waals surface area contributed by atoms with Gasteiger partial charge in [-0.15, -0.1) is 0 Å². The number of carbonyl (C=O) groups is 2. The molecule has 1 heterocycles. The molecule has 0 unspecified atom stereocenters. The smallest absolute Gasteiger partial charge is 0.341 e. The Labute approximate surface area is 163 Å². The second-order valence-electron chi connectivity index (χ2n) is 6.78. The number of nitrogens with one attached hydrogen (secondary N) is 1. The van der Waals surface area contributed by atoms with Crippen LogP contribution in [0.4, 0.5) is 4.39 Å². The van der Waals surface area contributed by atoms with Crippen molar-refractivity contribution in [3.05, 3.63) is 29.6 Å². The number of hydrogen-bond acceptors (Lipinski definition) is 6. The highest BCUT2D eigenvalue weighted by Gasteiger charge is 2.28. The lowest BCUT2D eigenvalue weighted by Gasteiger charge is -2.26. The van der Waals surface area contributed by atoms with Crippen LogP contribution in [0.3, 0.4) is 0 Å². The molecule has 28 heavy (non-hydrogen) atoms. The number of ether oxygens (including phenoxy) is 2. The van der Waals surface area contributed by atoms with Crippen molar-refractivity contribution in [2.45, 2.75) is 36.6 Å². The molecule has 3 rings (SSSR count). The first-order valence-corrected chi connectivity index (χ1v) is 10.7. The van der Waals surface area contributed by atoms with Gasteiger partial charge in [0.1, 0.15) is 5.82 Å². The van der Waals surface area contributed by atoms with Gasteiger partial charge in [0.25, 0.3) is 5.91 Å². The minimum absolute atomic E-state index is 0.0740. The van der Waals surface area contributed by atoms with Crippen LogP contribution < -0.4 is 5.32 Å². The zero-order chi connectivity index (χ0) is 20.1. The molecule has 8 nitrogen and oxygen atoms in total. The molecular formula is C18H23FN2O6S. The number of esters is 1. The van der Waals surface area contributed by atoms with Gasteiger partial charge in [-0.1, -0.05) is 12.8 Å². The fourth-order valence-electron chi connectivity index (χ4n) is 3.31. The zero-order valence-electron chi connectivity index (χ0n) is 15.4. The second-order valence-corrected chi connectivity index (χ2v) is 8.72. The summed E-state index contributed by atoms with van der Waals surface area (Å²) >= 11 is 0. The molecule has 10 heteroatoms. The number of morpholine rings is 1. The van der Waals surface area contributed by atoms with Crippen molar-refractivity contribution in [3.63, 3.8) is 0 Å². The molecule has 1 aromatic carbocycles. The Morgan fingerprint density at radius 3 is 2.57 bits per heavy atom. The lowest BCUT2D eigenvalue weighted by atomic mass is 10.2. The summed E-state index contributed by atoms with van der Waals surface area (Å²) < 4.78 is 50.6. The van der Waals surface area contributed by atoms with Gasteiger partial charge in [-0.25, -0.2) is 17.6 Å².